The van der Waals surface area contributed by atoms with Gasteiger partial charge in [-0.15, -0.1) is 0 Å². The van der Waals surface area contributed by atoms with Gasteiger partial charge in [-0.2, -0.15) is 18.4 Å². The van der Waals surface area contributed by atoms with Gasteiger partial charge in [0.25, 0.3) is 0 Å². The predicted octanol–water partition coefficient (Wildman–Crippen LogP) is 3.77. The van der Waals surface area contributed by atoms with E-state index in [2.05, 4.69) is 0 Å². The molecule has 0 saturated heterocycles. The third-order valence-corrected chi connectivity index (χ3v) is 1.86. The summed E-state index contributed by atoms with van der Waals surface area (Å²) in [6.45, 7) is 1.45. The summed E-state index contributed by atoms with van der Waals surface area (Å²) in [6, 6.07) is 4.37. The van der Waals surface area contributed by atoms with Gasteiger partial charge in [-0.05, 0) is 30.7 Å². The summed E-state index contributed by atoms with van der Waals surface area (Å²) in [5.41, 5.74) is -0.931. The average molecular weight is 229 g/mol. The molecule has 1 aromatic carbocycles. The molecule has 0 aliphatic heterocycles. The molecule has 0 saturated carbocycles. The molecule has 0 unspecified atom stereocenters. The second-order valence-electron chi connectivity index (χ2n) is 3.18. The van der Waals surface area contributed by atoms with Gasteiger partial charge in [-0.1, -0.05) is 6.07 Å². The largest absolute Gasteiger partial charge is 0.419 e. The maximum atomic E-state index is 12.9. The minimum atomic E-state index is -4.73. The summed E-state index contributed by atoms with van der Waals surface area (Å²) < 4.78 is 49.8. The summed E-state index contributed by atoms with van der Waals surface area (Å²) in [7, 11) is 0. The Bertz CT molecular complexity index is 466. The standard InChI is InChI=1S/C11H7F4N/c1-7(6-16)4-8-2-3-10(12)9(5-8)11(13,14)15/h2-5H,1H3/b7-4-. The molecule has 16 heavy (non-hydrogen) atoms. The third-order valence-electron chi connectivity index (χ3n) is 1.86. The number of nitrogens with zero attached hydrogens (tertiary/aromatic N) is 1. The Labute approximate surface area is 89.6 Å². The molecule has 0 N–H and O–H groups in total. The number of rotatable bonds is 1. The summed E-state index contributed by atoms with van der Waals surface area (Å²) in [5, 5.41) is 8.47. The molecule has 0 fully saturated rings. The highest BCUT2D eigenvalue weighted by molar-refractivity contribution is 5.57. The maximum Gasteiger partial charge on any atom is 0.419 e. The quantitative estimate of drug-likeness (QED) is 0.531. The van der Waals surface area contributed by atoms with Crippen molar-refractivity contribution in [1.82, 2.24) is 0 Å². The number of hydrogen-bond donors (Lipinski definition) is 0. The lowest BCUT2D eigenvalue weighted by atomic mass is 10.1. The fourth-order valence-corrected chi connectivity index (χ4v) is 1.13. The molecule has 0 bridgehead atoms. The lowest BCUT2D eigenvalue weighted by molar-refractivity contribution is -0.140. The van der Waals surface area contributed by atoms with Gasteiger partial charge < -0.3 is 0 Å². The highest BCUT2D eigenvalue weighted by Crippen LogP contribution is 2.32. The molecule has 1 aromatic rings. The zero-order chi connectivity index (χ0) is 12.3. The topological polar surface area (TPSA) is 23.8 Å². The van der Waals surface area contributed by atoms with Crippen molar-refractivity contribution in [2.45, 2.75) is 13.1 Å². The maximum absolute atomic E-state index is 12.9. The Morgan fingerprint density at radius 2 is 2.00 bits per heavy atom. The molecule has 1 nitrogen and oxygen atoms in total. The van der Waals surface area contributed by atoms with Crippen LogP contribution in [0, 0.1) is 17.1 Å². The number of benzene rings is 1. The van der Waals surface area contributed by atoms with Gasteiger partial charge in [0, 0.05) is 5.57 Å². The van der Waals surface area contributed by atoms with E-state index in [0.717, 1.165) is 6.07 Å². The van der Waals surface area contributed by atoms with Crippen molar-refractivity contribution in [3.05, 3.63) is 40.7 Å². The molecule has 0 spiro atoms. The lowest BCUT2D eigenvalue weighted by Gasteiger charge is -2.08. The van der Waals surface area contributed by atoms with Gasteiger partial charge in [-0.3, -0.25) is 0 Å². The average Bonchev–Trinajstić information content (AvgIpc) is 2.19. The van der Waals surface area contributed by atoms with Crippen LogP contribution < -0.4 is 0 Å². The summed E-state index contributed by atoms with van der Waals surface area (Å²) >= 11 is 0. The van der Waals surface area contributed by atoms with Crippen LogP contribution in [0.2, 0.25) is 0 Å². The highest BCUT2D eigenvalue weighted by atomic mass is 19.4. The molecule has 0 atom stereocenters. The van der Waals surface area contributed by atoms with Crippen molar-refractivity contribution in [2.75, 3.05) is 0 Å². The smallest absolute Gasteiger partial charge is 0.206 e. The Hall–Kier alpha value is -1.83. The molecular formula is C11H7F4N. The molecule has 0 aromatic heterocycles. The third kappa shape index (κ3) is 2.83. The van der Waals surface area contributed by atoms with Crippen LogP contribution in [0.1, 0.15) is 18.1 Å². The first kappa shape index (κ1) is 12.2. The van der Waals surface area contributed by atoms with Crippen molar-refractivity contribution in [1.29, 1.82) is 5.26 Å². The van der Waals surface area contributed by atoms with Gasteiger partial charge in [0.05, 0.1) is 11.6 Å². The second-order valence-corrected chi connectivity index (χ2v) is 3.18. The Kier molecular flexibility index (Phi) is 3.33. The van der Waals surface area contributed by atoms with Crippen molar-refractivity contribution < 1.29 is 17.6 Å². The van der Waals surface area contributed by atoms with Crippen LogP contribution in [0.5, 0.6) is 0 Å². The summed E-state index contributed by atoms with van der Waals surface area (Å²) in [4.78, 5) is 0. The van der Waals surface area contributed by atoms with Crippen LogP contribution in [-0.4, -0.2) is 0 Å². The van der Waals surface area contributed by atoms with E-state index in [4.69, 9.17) is 5.26 Å². The summed E-state index contributed by atoms with van der Waals surface area (Å²) in [6.07, 6.45) is -3.47. The molecule has 0 aliphatic rings. The zero-order valence-corrected chi connectivity index (χ0v) is 8.27. The van der Waals surface area contributed by atoms with Crippen LogP contribution in [0.25, 0.3) is 6.08 Å². The van der Waals surface area contributed by atoms with Crippen LogP contribution in [0.4, 0.5) is 17.6 Å². The van der Waals surface area contributed by atoms with Crippen molar-refractivity contribution >= 4 is 6.08 Å². The van der Waals surface area contributed by atoms with Gasteiger partial charge in [-0.25, -0.2) is 4.39 Å². The van der Waals surface area contributed by atoms with Crippen LogP contribution in [0.3, 0.4) is 0 Å². The summed E-state index contributed by atoms with van der Waals surface area (Å²) in [5.74, 6) is -1.32. The number of allylic oxidation sites excluding steroid dienone is 1. The second kappa shape index (κ2) is 4.35. The Balaban J connectivity index is 3.25. The molecule has 84 valence electrons. The van der Waals surface area contributed by atoms with E-state index in [0.29, 0.717) is 6.07 Å². The van der Waals surface area contributed by atoms with Crippen molar-refractivity contribution in [2.24, 2.45) is 0 Å². The van der Waals surface area contributed by atoms with Crippen LogP contribution in [-0.2, 0) is 6.18 Å². The molecule has 1 rings (SSSR count). The Morgan fingerprint density at radius 3 is 2.50 bits per heavy atom. The normalized spacial score (nSPS) is 12.4. The number of halogens is 4. The van der Waals surface area contributed by atoms with Crippen LogP contribution >= 0.6 is 0 Å². The molecule has 0 heterocycles. The first-order valence-electron chi connectivity index (χ1n) is 4.29. The van der Waals surface area contributed by atoms with Crippen molar-refractivity contribution in [3.63, 3.8) is 0 Å². The molecule has 0 aliphatic carbocycles. The Morgan fingerprint density at radius 1 is 1.38 bits per heavy atom. The van der Waals surface area contributed by atoms with E-state index >= 15 is 0 Å². The molecule has 0 amide bonds. The number of hydrogen-bond acceptors (Lipinski definition) is 1. The van der Waals surface area contributed by atoms with Gasteiger partial charge in [0.2, 0.25) is 0 Å². The monoisotopic (exact) mass is 229 g/mol. The fraction of sp³-hybridized carbons (Fsp3) is 0.182. The minimum absolute atomic E-state index is 0.146. The van der Waals surface area contributed by atoms with Gasteiger partial charge in [0.15, 0.2) is 0 Å². The van der Waals surface area contributed by atoms with E-state index in [1.807, 2.05) is 0 Å². The van der Waals surface area contributed by atoms with Gasteiger partial charge in [0.1, 0.15) is 5.82 Å². The molecule has 0 radical (unpaired) electrons. The van der Waals surface area contributed by atoms with E-state index in [9.17, 15) is 17.6 Å². The molecular weight excluding hydrogens is 222 g/mol. The van der Waals surface area contributed by atoms with Crippen LogP contribution in [0.15, 0.2) is 23.8 Å². The van der Waals surface area contributed by atoms with E-state index in [1.54, 1.807) is 6.07 Å². The fourth-order valence-electron chi connectivity index (χ4n) is 1.13. The highest BCUT2D eigenvalue weighted by Gasteiger charge is 2.33. The van der Waals surface area contributed by atoms with Crippen molar-refractivity contribution in [3.8, 4) is 6.07 Å². The SMILES string of the molecule is C/C(C#N)=C/c1ccc(F)c(C(F)(F)F)c1. The zero-order valence-electron chi connectivity index (χ0n) is 8.27. The lowest BCUT2D eigenvalue weighted by Crippen LogP contribution is -2.08. The predicted molar refractivity (Wildman–Crippen MR) is 50.7 cm³/mol. The van der Waals surface area contributed by atoms with Gasteiger partial charge >= 0.3 is 6.18 Å². The van der Waals surface area contributed by atoms with E-state index in [1.165, 1.54) is 19.1 Å². The molecule has 5 heteroatoms. The van der Waals surface area contributed by atoms with E-state index in [-0.39, 0.29) is 11.1 Å². The number of nitriles is 1. The number of alkyl halides is 3. The first-order valence-corrected chi connectivity index (χ1v) is 4.29. The first-order chi connectivity index (χ1) is 7.34. The minimum Gasteiger partial charge on any atom is -0.206 e. The van der Waals surface area contributed by atoms with E-state index < -0.39 is 17.6 Å².